The maximum absolute atomic E-state index is 10.9. The van der Waals surface area contributed by atoms with Gasteiger partial charge in [-0.25, -0.2) is 4.99 Å². The van der Waals surface area contributed by atoms with Crippen LogP contribution in [-0.2, 0) is 4.79 Å². The van der Waals surface area contributed by atoms with Crippen LogP contribution in [-0.4, -0.2) is 16.9 Å². The fourth-order valence-electron chi connectivity index (χ4n) is 1.41. The zero-order valence-electron chi connectivity index (χ0n) is 7.35. The molecular formula is C9H14BrNO. The quantitative estimate of drug-likeness (QED) is 0.639. The van der Waals surface area contributed by atoms with E-state index in [4.69, 9.17) is 0 Å². The molecule has 0 aromatic rings. The molecule has 1 rings (SSSR count). The number of aliphatic imine (C=N–C) groups is 1. The third kappa shape index (κ3) is 3.05. The molecule has 0 aromatic heterocycles. The predicted molar refractivity (Wildman–Crippen MR) is 53.9 cm³/mol. The lowest BCUT2D eigenvalue weighted by atomic mass is 9.89. The first kappa shape index (κ1) is 9.90. The average molecular weight is 232 g/mol. The van der Waals surface area contributed by atoms with Crippen molar-refractivity contribution in [1.82, 2.24) is 0 Å². The van der Waals surface area contributed by atoms with Crippen LogP contribution in [0.4, 0.5) is 0 Å². The molecule has 1 fully saturated rings. The molecule has 1 aliphatic rings. The summed E-state index contributed by atoms with van der Waals surface area (Å²) >= 11 is 3.10. The fraction of sp³-hybridized carbons (Fsp3) is 0.778. The van der Waals surface area contributed by atoms with Crippen LogP contribution in [0.5, 0.6) is 0 Å². The zero-order chi connectivity index (χ0) is 8.97. The summed E-state index contributed by atoms with van der Waals surface area (Å²) < 4.78 is 0. The number of rotatable bonds is 1. The highest BCUT2D eigenvalue weighted by atomic mass is 79.9. The summed E-state index contributed by atoms with van der Waals surface area (Å²) in [6.45, 7) is 2.25. The van der Waals surface area contributed by atoms with E-state index in [0.29, 0.717) is 5.33 Å². The van der Waals surface area contributed by atoms with Gasteiger partial charge in [0.15, 0.2) is 0 Å². The highest BCUT2D eigenvalue weighted by Crippen LogP contribution is 2.21. The van der Waals surface area contributed by atoms with Crippen molar-refractivity contribution in [2.24, 2.45) is 10.9 Å². The lowest BCUT2D eigenvalue weighted by Crippen LogP contribution is -2.13. The Kier molecular flexibility index (Phi) is 3.92. The molecule has 0 aromatic carbocycles. The Labute approximate surface area is 81.6 Å². The predicted octanol–water partition coefficient (Wildman–Crippen LogP) is 2.56. The van der Waals surface area contributed by atoms with E-state index >= 15 is 0 Å². The number of hydrogen-bond acceptors (Lipinski definition) is 1. The number of amides is 1. The molecule has 0 radical (unpaired) electrons. The molecule has 0 bridgehead atoms. The Morgan fingerprint density at radius 1 is 1.58 bits per heavy atom. The van der Waals surface area contributed by atoms with E-state index in [-0.39, 0.29) is 5.91 Å². The first-order valence-corrected chi connectivity index (χ1v) is 5.49. The van der Waals surface area contributed by atoms with Gasteiger partial charge in [0, 0.05) is 5.71 Å². The Balaban J connectivity index is 2.43. The van der Waals surface area contributed by atoms with Crippen LogP contribution in [0.3, 0.4) is 0 Å². The Morgan fingerprint density at radius 3 is 2.67 bits per heavy atom. The van der Waals surface area contributed by atoms with E-state index in [9.17, 15) is 4.79 Å². The van der Waals surface area contributed by atoms with Crippen LogP contribution in [0.15, 0.2) is 4.99 Å². The van der Waals surface area contributed by atoms with Crippen LogP contribution in [0.25, 0.3) is 0 Å². The highest BCUT2D eigenvalue weighted by molar-refractivity contribution is 9.09. The van der Waals surface area contributed by atoms with Crippen molar-refractivity contribution in [2.75, 3.05) is 5.33 Å². The van der Waals surface area contributed by atoms with Gasteiger partial charge in [0.25, 0.3) is 5.91 Å². The molecule has 68 valence electrons. The van der Waals surface area contributed by atoms with Gasteiger partial charge in [0.1, 0.15) is 0 Å². The molecule has 0 saturated heterocycles. The van der Waals surface area contributed by atoms with Crippen LogP contribution in [0.1, 0.15) is 32.6 Å². The van der Waals surface area contributed by atoms with Gasteiger partial charge < -0.3 is 0 Å². The normalized spacial score (nSPS) is 23.8. The Hall–Kier alpha value is -0.180. The second kappa shape index (κ2) is 4.75. The zero-order valence-corrected chi connectivity index (χ0v) is 8.93. The molecule has 1 aliphatic carbocycles. The van der Waals surface area contributed by atoms with Crippen LogP contribution in [0, 0.1) is 5.92 Å². The lowest BCUT2D eigenvalue weighted by molar-refractivity contribution is -0.115. The van der Waals surface area contributed by atoms with Gasteiger partial charge in [-0.15, -0.1) is 0 Å². The van der Waals surface area contributed by atoms with Crippen molar-refractivity contribution in [3.8, 4) is 0 Å². The minimum atomic E-state index is -0.0421. The van der Waals surface area contributed by atoms with Crippen molar-refractivity contribution in [2.45, 2.75) is 32.6 Å². The number of carbonyl (C=O) groups is 1. The molecule has 3 heteroatoms. The Bertz CT molecular complexity index is 191. The number of alkyl halides is 1. The molecule has 0 spiro atoms. The summed E-state index contributed by atoms with van der Waals surface area (Å²) in [5.74, 6) is 0.766. The molecule has 0 atom stereocenters. The molecule has 12 heavy (non-hydrogen) atoms. The summed E-state index contributed by atoms with van der Waals surface area (Å²) in [5.41, 5.74) is 1.09. The van der Waals surface area contributed by atoms with Crippen molar-refractivity contribution in [3.05, 3.63) is 0 Å². The molecule has 0 unspecified atom stereocenters. The topological polar surface area (TPSA) is 29.4 Å². The lowest BCUT2D eigenvalue weighted by Gasteiger charge is -2.18. The first-order chi connectivity index (χ1) is 5.72. The van der Waals surface area contributed by atoms with Gasteiger partial charge in [-0.3, -0.25) is 4.79 Å². The molecule has 1 amide bonds. The molecule has 1 saturated carbocycles. The van der Waals surface area contributed by atoms with Gasteiger partial charge in [-0.1, -0.05) is 22.9 Å². The molecular weight excluding hydrogens is 218 g/mol. The Morgan fingerprint density at radius 2 is 2.17 bits per heavy atom. The van der Waals surface area contributed by atoms with Gasteiger partial charge in [0.2, 0.25) is 0 Å². The first-order valence-electron chi connectivity index (χ1n) is 4.37. The van der Waals surface area contributed by atoms with Gasteiger partial charge in [0.05, 0.1) is 5.33 Å². The van der Waals surface area contributed by atoms with E-state index in [1.54, 1.807) is 0 Å². The summed E-state index contributed by atoms with van der Waals surface area (Å²) in [6, 6.07) is 0. The van der Waals surface area contributed by atoms with Gasteiger partial charge in [-0.2, -0.15) is 0 Å². The number of halogens is 1. The van der Waals surface area contributed by atoms with E-state index in [1.165, 1.54) is 12.8 Å². The average Bonchev–Trinajstić information content (AvgIpc) is 2.09. The summed E-state index contributed by atoms with van der Waals surface area (Å²) in [5, 5.41) is 0.353. The highest BCUT2D eigenvalue weighted by Gasteiger charge is 2.13. The summed E-state index contributed by atoms with van der Waals surface area (Å²) in [4.78, 5) is 14.9. The minimum absolute atomic E-state index is 0.0421. The van der Waals surface area contributed by atoms with E-state index in [1.807, 2.05) is 0 Å². The monoisotopic (exact) mass is 231 g/mol. The SMILES string of the molecule is CC1CCC(=NC(=O)CBr)CC1. The van der Waals surface area contributed by atoms with Crippen molar-refractivity contribution >= 4 is 27.5 Å². The third-order valence-corrected chi connectivity index (χ3v) is 2.73. The van der Waals surface area contributed by atoms with Crippen LogP contribution < -0.4 is 0 Å². The van der Waals surface area contributed by atoms with Gasteiger partial charge in [-0.05, 0) is 31.6 Å². The number of carbonyl (C=O) groups excluding carboxylic acids is 1. The molecule has 0 N–H and O–H groups in total. The third-order valence-electron chi connectivity index (χ3n) is 2.25. The van der Waals surface area contributed by atoms with Gasteiger partial charge >= 0.3 is 0 Å². The largest absolute Gasteiger partial charge is 0.272 e. The van der Waals surface area contributed by atoms with E-state index in [0.717, 1.165) is 24.5 Å². The summed E-state index contributed by atoms with van der Waals surface area (Å²) in [6.07, 6.45) is 4.41. The second-order valence-corrected chi connectivity index (χ2v) is 3.95. The second-order valence-electron chi connectivity index (χ2n) is 3.39. The molecule has 0 heterocycles. The van der Waals surface area contributed by atoms with Crippen molar-refractivity contribution < 1.29 is 4.79 Å². The van der Waals surface area contributed by atoms with Crippen molar-refractivity contribution in [3.63, 3.8) is 0 Å². The molecule has 2 nitrogen and oxygen atoms in total. The van der Waals surface area contributed by atoms with E-state index < -0.39 is 0 Å². The maximum Gasteiger partial charge on any atom is 0.256 e. The van der Waals surface area contributed by atoms with Crippen LogP contribution in [0.2, 0.25) is 0 Å². The minimum Gasteiger partial charge on any atom is -0.272 e. The molecule has 0 aliphatic heterocycles. The standard InChI is InChI=1S/C9H14BrNO/c1-7-2-4-8(5-3-7)11-9(12)6-10/h7H,2-6H2,1H3. The van der Waals surface area contributed by atoms with Crippen LogP contribution >= 0.6 is 15.9 Å². The smallest absolute Gasteiger partial charge is 0.256 e. The fourth-order valence-corrected chi connectivity index (χ4v) is 1.54. The number of nitrogens with zero attached hydrogens (tertiary/aromatic N) is 1. The number of hydrogen-bond donors (Lipinski definition) is 0. The van der Waals surface area contributed by atoms with E-state index in [2.05, 4.69) is 27.8 Å². The summed E-state index contributed by atoms with van der Waals surface area (Å²) in [7, 11) is 0. The van der Waals surface area contributed by atoms with Crippen molar-refractivity contribution in [1.29, 1.82) is 0 Å². The maximum atomic E-state index is 10.9.